The van der Waals surface area contributed by atoms with Crippen molar-refractivity contribution in [2.45, 2.75) is 48.8 Å². The summed E-state index contributed by atoms with van der Waals surface area (Å²) in [6, 6.07) is 0. The molecule has 0 fully saturated rings. The van der Waals surface area contributed by atoms with Gasteiger partial charge < -0.3 is 93.7 Å². The maximum Gasteiger partial charge on any atom is 0.330 e. The van der Waals surface area contributed by atoms with Gasteiger partial charge in [0.15, 0.2) is 0 Å². The molecule has 0 aromatic carbocycles. The van der Waals surface area contributed by atoms with E-state index < -0.39 is 60.8 Å². The first kappa shape index (κ1) is 58.7. The first-order chi connectivity index (χ1) is 29.3. The lowest BCUT2D eigenvalue weighted by Crippen LogP contribution is -2.39. The van der Waals surface area contributed by atoms with E-state index in [1.54, 1.807) is 9.80 Å². The van der Waals surface area contributed by atoms with E-state index in [4.69, 9.17) is 52.8 Å². The van der Waals surface area contributed by atoms with Crippen LogP contribution in [0.1, 0.15) is 0 Å². The number of carbonyl (C=O) groups excluding carboxylic acids is 2. The molecule has 61 heavy (non-hydrogen) atoms. The van der Waals surface area contributed by atoms with Crippen molar-refractivity contribution in [3.8, 4) is 0 Å². The molecule has 0 aliphatic carbocycles. The molecule has 360 valence electrons. The van der Waals surface area contributed by atoms with E-state index in [9.17, 15) is 50.4 Å². The van der Waals surface area contributed by atoms with Gasteiger partial charge in [-0.2, -0.15) is 0 Å². The summed E-state index contributed by atoms with van der Waals surface area (Å²) in [6.45, 7) is 4.23. The largest absolute Gasteiger partial charge is 0.460 e. The number of nitrogens with zero attached hydrogens (tertiary/aromatic N) is 2. The second kappa shape index (κ2) is 39.3. The molecule has 0 saturated heterocycles. The Morgan fingerprint density at radius 1 is 0.410 bits per heavy atom. The van der Waals surface area contributed by atoms with Crippen LogP contribution in [0.3, 0.4) is 0 Å². The number of hydrogen-bond acceptors (Lipinski definition) is 23. The molecule has 0 spiro atoms. The average Bonchev–Trinajstić information content (AvgIpc) is 3.22. The Bertz CT molecular complexity index is 1070. The first-order valence-electron chi connectivity index (χ1n) is 20.0. The fourth-order valence-electron chi connectivity index (χ4n) is 4.99. The summed E-state index contributed by atoms with van der Waals surface area (Å²) in [7, 11) is 0. The fourth-order valence-corrected chi connectivity index (χ4v) is 4.99. The molecule has 0 saturated carbocycles. The van der Waals surface area contributed by atoms with Gasteiger partial charge in [-0.25, -0.2) is 9.59 Å². The SMILES string of the molecule is C=CC(=O)OCC(O)COC(COCC(O)COCC(O)CN(CCO)CCO)COCC(O)COCC(COCC(O)CN(CCO)CCO)OCC(O)COC(=O)C=C. The van der Waals surface area contributed by atoms with Crippen molar-refractivity contribution in [2.24, 2.45) is 0 Å². The van der Waals surface area contributed by atoms with Crippen LogP contribution in [0, 0.1) is 0 Å². The van der Waals surface area contributed by atoms with Crippen LogP contribution in [0.4, 0.5) is 0 Å². The van der Waals surface area contributed by atoms with Crippen LogP contribution in [0.15, 0.2) is 25.3 Å². The molecular formula is C38H72N2O21. The summed E-state index contributed by atoms with van der Waals surface area (Å²) in [5.74, 6) is -1.47. The zero-order chi connectivity index (χ0) is 45.7. The molecule has 0 aromatic rings. The smallest absolute Gasteiger partial charge is 0.330 e. The number of aliphatic hydroxyl groups excluding tert-OH is 10. The molecule has 23 nitrogen and oxygen atoms in total. The third kappa shape index (κ3) is 34.8. The third-order valence-corrected chi connectivity index (χ3v) is 7.90. The standard InChI is InChI=1S/C38H72N2O21/c1-3-37(51)60-23-33(49)21-58-35(25-54-16-30(46)14-40(7-11-43)8-12-44)26-56-19-32(48)20-57-28-36(59-22-34(50)24-61-38(52)4-2)27-55-18-31(47)17-53-15-29(45)13-39(5-9-41)6-10-42/h3-4,29-36,41-50H,1-2,5-28H2. The minimum absolute atomic E-state index is 0.112. The predicted molar refractivity (Wildman–Crippen MR) is 213 cm³/mol. The number of ether oxygens (including phenoxy) is 9. The van der Waals surface area contributed by atoms with E-state index in [1.807, 2.05) is 0 Å². The average molecular weight is 893 g/mol. The zero-order valence-electron chi connectivity index (χ0n) is 35.0. The van der Waals surface area contributed by atoms with Gasteiger partial charge in [-0.1, -0.05) is 13.2 Å². The van der Waals surface area contributed by atoms with Crippen LogP contribution < -0.4 is 0 Å². The van der Waals surface area contributed by atoms with E-state index in [-0.39, 0.29) is 158 Å². The number of rotatable bonds is 44. The van der Waals surface area contributed by atoms with Gasteiger partial charge in [0, 0.05) is 51.4 Å². The highest BCUT2D eigenvalue weighted by molar-refractivity contribution is 5.81. The molecule has 0 rings (SSSR count). The van der Waals surface area contributed by atoms with Crippen LogP contribution in [0.5, 0.6) is 0 Å². The van der Waals surface area contributed by atoms with Crippen LogP contribution >= 0.6 is 0 Å². The van der Waals surface area contributed by atoms with Gasteiger partial charge in [-0.05, 0) is 0 Å². The zero-order valence-corrected chi connectivity index (χ0v) is 35.0. The molecule has 10 N–H and O–H groups in total. The van der Waals surface area contributed by atoms with E-state index in [1.165, 1.54) is 0 Å². The van der Waals surface area contributed by atoms with Crippen molar-refractivity contribution in [1.29, 1.82) is 0 Å². The molecule has 0 aromatic heterocycles. The Hall–Kier alpha value is -2.34. The Balaban J connectivity index is 5.08. The maximum atomic E-state index is 11.3. The van der Waals surface area contributed by atoms with Crippen molar-refractivity contribution in [2.75, 3.05) is 158 Å². The quantitative estimate of drug-likeness (QED) is 0.0201. The number of hydrogen-bond donors (Lipinski definition) is 10. The topological polar surface area (TPSA) is 326 Å². The second-order valence-electron chi connectivity index (χ2n) is 13.7. The van der Waals surface area contributed by atoms with Gasteiger partial charge in [0.1, 0.15) is 49.8 Å². The first-order valence-corrected chi connectivity index (χ1v) is 20.0. The van der Waals surface area contributed by atoms with Crippen molar-refractivity contribution in [3.05, 3.63) is 25.3 Å². The molecule has 0 amide bonds. The summed E-state index contributed by atoms with van der Waals surface area (Å²) in [6.07, 6.45) is -6.33. The molecule has 8 unspecified atom stereocenters. The summed E-state index contributed by atoms with van der Waals surface area (Å²) in [5.41, 5.74) is 0. The Labute approximate surface area is 357 Å². The van der Waals surface area contributed by atoms with Gasteiger partial charge in [-0.3, -0.25) is 9.80 Å². The van der Waals surface area contributed by atoms with Gasteiger partial charge in [-0.15, -0.1) is 0 Å². The lowest BCUT2D eigenvalue weighted by Gasteiger charge is -2.25. The molecule has 0 radical (unpaired) electrons. The molecule has 0 aliphatic heterocycles. The number of aliphatic hydroxyl groups is 10. The van der Waals surface area contributed by atoms with Gasteiger partial charge in [0.05, 0.1) is 118 Å². The van der Waals surface area contributed by atoms with Gasteiger partial charge in [0.25, 0.3) is 0 Å². The fraction of sp³-hybridized carbons (Fsp3) is 0.842. The van der Waals surface area contributed by atoms with Crippen molar-refractivity contribution in [1.82, 2.24) is 9.80 Å². The van der Waals surface area contributed by atoms with E-state index >= 15 is 0 Å². The van der Waals surface area contributed by atoms with Crippen molar-refractivity contribution >= 4 is 11.9 Å². The Morgan fingerprint density at radius 2 is 0.672 bits per heavy atom. The highest BCUT2D eigenvalue weighted by Crippen LogP contribution is 2.05. The van der Waals surface area contributed by atoms with E-state index in [0.717, 1.165) is 12.2 Å². The van der Waals surface area contributed by atoms with Crippen LogP contribution in [0.2, 0.25) is 0 Å². The lowest BCUT2D eigenvalue weighted by molar-refractivity contribution is -0.144. The van der Waals surface area contributed by atoms with Crippen molar-refractivity contribution in [3.63, 3.8) is 0 Å². The van der Waals surface area contributed by atoms with Crippen LogP contribution in [-0.4, -0.2) is 280 Å². The summed E-state index contributed by atoms with van der Waals surface area (Å²) >= 11 is 0. The normalized spacial score (nSPS) is 15.8. The van der Waals surface area contributed by atoms with Gasteiger partial charge >= 0.3 is 11.9 Å². The Kier molecular flexibility index (Phi) is 37.8. The van der Waals surface area contributed by atoms with E-state index in [0.29, 0.717) is 0 Å². The highest BCUT2D eigenvalue weighted by atomic mass is 16.6. The molecular weight excluding hydrogens is 820 g/mol. The summed E-state index contributed by atoms with van der Waals surface area (Å²) in [5, 5.41) is 98.4. The summed E-state index contributed by atoms with van der Waals surface area (Å²) < 4.78 is 48.7. The minimum Gasteiger partial charge on any atom is -0.460 e. The predicted octanol–water partition coefficient (Wildman–Crippen LogP) is -5.96. The third-order valence-electron chi connectivity index (χ3n) is 7.90. The van der Waals surface area contributed by atoms with Gasteiger partial charge in [0.2, 0.25) is 0 Å². The van der Waals surface area contributed by atoms with Crippen molar-refractivity contribution < 1.29 is 103 Å². The monoisotopic (exact) mass is 892 g/mol. The van der Waals surface area contributed by atoms with Crippen LogP contribution in [-0.2, 0) is 52.2 Å². The molecule has 23 heteroatoms. The second-order valence-corrected chi connectivity index (χ2v) is 13.7. The molecule has 0 aliphatic rings. The number of esters is 2. The Morgan fingerprint density at radius 3 is 0.951 bits per heavy atom. The highest BCUT2D eigenvalue weighted by Gasteiger charge is 2.20. The maximum absolute atomic E-state index is 11.3. The minimum atomic E-state index is -1.21. The summed E-state index contributed by atoms with van der Waals surface area (Å²) in [4.78, 5) is 26.0. The van der Waals surface area contributed by atoms with E-state index in [2.05, 4.69) is 13.2 Å². The lowest BCUT2D eigenvalue weighted by atomic mass is 10.3. The number of carbonyl (C=O) groups is 2. The molecule has 8 atom stereocenters. The molecule has 0 bridgehead atoms. The molecule has 0 heterocycles. The van der Waals surface area contributed by atoms with Crippen LogP contribution in [0.25, 0.3) is 0 Å².